The van der Waals surface area contributed by atoms with E-state index in [0.29, 0.717) is 22.7 Å². The molecule has 27 heavy (non-hydrogen) atoms. The summed E-state index contributed by atoms with van der Waals surface area (Å²) >= 11 is 0. The first-order valence-electron chi connectivity index (χ1n) is 8.43. The number of benzene rings is 2. The van der Waals surface area contributed by atoms with Gasteiger partial charge in [0.05, 0.1) is 24.7 Å². The van der Waals surface area contributed by atoms with Crippen molar-refractivity contribution < 1.29 is 22.6 Å². The van der Waals surface area contributed by atoms with Gasteiger partial charge in [0, 0.05) is 19.7 Å². The van der Waals surface area contributed by atoms with E-state index >= 15 is 0 Å². The predicted molar refractivity (Wildman–Crippen MR) is 100 cm³/mol. The SMILES string of the molecule is CCN(C)C=Nc1cc(OC)c(Oc2cc(C)cc(C(F)(F)F)c2)cc1C. The molecule has 2 aromatic rings. The minimum absolute atomic E-state index is 0.0991. The van der Waals surface area contributed by atoms with E-state index in [9.17, 15) is 13.2 Å². The molecule has 2 rings (SSSR count). The molecule has 2 aromatic carbocycles. The van der Waals surface area contributed by atoms with Crippen molar-refractivity contribution in [1.82, 2.24) is 4.90 Å². The Balaban J connectivity index is 2.38. The molecule has 0 N–H and O–H groups in total. The molecule has 0 radical (unpaired) electrons. The van der Waals surface area contributed by atoms with Crippen molar-refractivity contribution in [2.45, 2.75) is 26.9 Å². The van der Waals surface area contributed by atoms with E-state index in [1.165, 1.54) is 7.11 Å². The van der Waals surface area contributed by atoms with E-state index in [0.717, 1.165) is 24.2 Å². The quantitative estimate of drug-likeness (QED) is 0.474. The van der Waals surface area contributed by atoms with Crippen LogP contribution in [0.2, 0.25) is 0 Å². The van der Waals surface area contributed by atoms with Gasteiger partial charge in [0.2, 0.25) is 0 Å². The maximum atomic E-state index is 13.0. The first kappa shape index (κ1) is 20.6. The maximum Gasteiger partial charge on any atom is 0.416 e. The fraction of sp³-hybridized carbons (Fsp3) is 0.350. The van der Waals surface area contributed by atoms with Gasteiger partial charge in [-0.15, -0.1) is 0 Å². The average Bonchev–Trinajstić information content (AvgIpc) is 2.59. The highest BCUT2D eigenvalue weighted by molar-refractivity contribution is 5.66. The molecule has 0 saturated carbocycles. The molecule has 0 atom stereocenters. The normalized spacial score (nSPS) is 11.7. The molecule has 0 bridgehead atoms. The number of ether oxygens (including phenoxy) is 2. The van der Waals surface area contributed by atoms with Crippen LogP contribution in [0, 0.1) is 13.8 Å². The largest absolute Gasteiger partial charge is 0.493 e. The Hall–Kier alpha value is -2.70. The number of halogens is 3. The number of rotatable bonds is 6. The molecule has 0 fully saturated rings. The van der Waals surface area contributed by atoms with Gasteiger partial charge in [-0.25, -0.2) is 4.99 Å². The number of nitrogens with zero attached hydrogens (tertiary/aromatic N) is 2. The monoisotopic (exact) mass is 380 g/mol. The Morgan fingerprint density at radius 3 is 2.37 bits per heavy atom. The fourth-order valence-corrected chi connectivity index (χ4v) is 2.37. The van der Waals surface area contributed by atoms with Gasteiger partial charge < -0.3 is 14.4 Å². The Kier molecular flexibility index (Phi) is 6.36. The van der Waals surface area contributed by atoms with E-state index < -0.39 is 11.7 Å². The summed E-state index contributed by atoms with van der Waals surface area (Å²) in [4.78, 5) is 6.33. The van der Waals surface area contributed by atoms with Crippen LogP contribution in [0.15, 0.2) is 35.3 Å². The zero-order valence-electron chi connectivity index (χ0n) is 16.0. The summed E-state index contributed by atoms with van der Waals surface area (Å²) in [6.07, 6.45) is -2.73. The summed E-state index contributed by atoms with van der Waals surface area (Å²) in [6, 6.07) is 7.01. The number of methoxy groups -OCH3 is 1. The molecule has 0 amide bonds. The summed E-state index contributed by atoms with van der Waals surface area (Å²) in [7, 11) is 3.38. The van der Waals surface area contributed by atoms with Gasteiger partial charge in [0.25, 0.3) is 0 Å². The molecule has 0 spiro atoms. The second-order valence-corrected chi connectivity index (χ2v) is 6.24. The van der Waals surface area contributed by atoms with Crippen LogP contribution in [0.4, 0.5) is 18.9 Å². The molecule has 7 heteroatoms. The molecule has 0 aliphatic rings. The fourth-order valence-electron chi connectivity index (χ4n) is 2.37. The van der Waals surface area contributed by atoms with Crippen LogP contribution in [-0.2, 0) is 6.18 Å². The van der Waals surface area contributed by atoms with Crippen molar-refractivity contribution in [3.8, 4) is 17.2 Å². The van der Waals surface area contributed by atoms with Gasteiger partial charge in [-0.3, -0.25) is 0 Å². The lowest BCUT2D eigenvalue weighted by Crippen LogP contribution is -2.14. The van der Waals surface area contributed by atoms with Gasteiger partial charge >= 0.3 is 6.18 Å². The lowest BCUT2D eigenvalue weighted by molar-refractivity contribution is -0.137. The Morgan fingerprint density at radius 2 is 1.78 bits per heavy atom. The molecule has 0 unspecified atom stereocenters. The third kappa shape index (κ3) is 5.39. The average molecular weight is 380 g/mol. The number of aliphatic imine (C=N–C) groups is 1. The van der Waals surface area contributed by atoms with Crippen molar-refractivity contribution in [1.29, 1.82) is 0 Å². The smallest absolute Gasteiger partial charge is 0.416 e. The maximum absolute atomic E-state index is 13.0. The van der Waals surface area contributed by atoms with Crippen LogP contribution in [-0.4, -0.2) is 31.9 Å². The number of aryl methyl sites for hydroxylation is 2. The van der Waals surface area contributed by atoms with Crippen LogP contribution in [0.5, 0.6) is 17.2 Å². The summed E-state index contributed by atoms with van der Waals surface area (Å²) < 4.78 is 50.1. The van der Waals surface area contributed by atoms with Crippen LogP contribution >= 0.6 is 0 Å². The number of alkyl halides is 3. The van der Waals surface area contributed by atoms with E-state index in [4.69, 9.17) is 9.47 Å². The standard InChI is InChI=1S/C20H23F3N2O2/c1-6-25(4)12-24-17-11-18(26-5)19(9-14(17)3)27-16-8-13(2)7-15(10-16)20(21,22)23/h7-12H,6H2,1-5H3. The molecule has 4 nitrogen and oxygen atoms in total. The van der Waals surface area contributed by atoms with Crippen molar-refractivity contribution in [2.75, 3.05) is 20.7 Å². The molecular formula is C20H23F3N2O2. The minimum atomic E-state index is -4.44. The summed E-state index contributed by atoms with van der Waals surface area (Å²) in [5.41, 5.74) is 1.21. The first-order chi connectivity index (χ1) is 12.6. The lowest BCUT2D eigenvalue weighted by Gasteiger charge is -2.15. The minimum Gasteiger partial charge on any atom is -0.493 e. The van der Waals surface area contributed by atoms with Gasteiger partial charge in [-0.05, 0) is 56.2 Å². The van der Waals surface area contributed by atoms with Gasteiger partial charge in [-0.1, -0.05) is 0 Å². The first-order valence-corrected chi connectivity index (χ1v) is 8.43. The van der Waals surface area contributed by atoms with Crippen molar-refractivity contribution in [3.63, 3.8) is 0 Å². The zero-order chi connectivity index (χ0) is 20.2. The van der Waals surface area contributed by atoms with Crippen molar-refractivity contribution in [2.24, 2.45) is 4.99 Å². The number of hydrogen-bond donors (Lipinski definition) is 0. The van der Waals surface area contributed by atoms with Crippen LogP contribution < -0.4 is 9.47 Å². The molecule has 0 aliphatic heterocycles. The van der Waals surface area contributed by atoms with E-state index in [1.54, 1.807) is 31.5 Å². The van der Waals surface area contributed by atoms with E-state index in [-0.39, 0.29) is 5.75 Å². The molecule has 0 heterocycles. The predicted octanol–water partition coefficient (Wildman–Crippen LogP) is 5.73. The molecule has 0 saturated heterocycles. The van der Waals surface area contributed by atoms with Crippen LogP contribution in [0.3, 0.4) is 0 Å². The second kappa shape index (κ2) is 8.33. The van der Waals surface area contributed by atoms with E-state index in [1.807, 2.05) is 25.8 Å². The van der Waals surface area contributed by atoms with Gasteiger partial charge in [0.15, 0.2) is 11.5 Å². The molecule has 0 aliphatic carbocycles. The van der Waals surface area contributed by atoms with Gasteiger partial charge in [0.1, 0.15) is 5.75 Å². The Morgan fingerprint density at radius 1 is 1.07 bits per heavy atom. The topological polar surface area (TPSA) is 34.1 Å². The highest BCUT2D eigenvalue weighted by Crippen LogP contribution is 2.39. The molecule has 146 valence electrons. The zero-order valence-corrected chi connectivity index (χ0v) is 16.0. The lowest BCUT2D eigenvalue weighted by atomic mass is 10.1. The van der Waals surface area contributed by atoms with Gasteiger partial charge in [-0.2, -0.15) is 13.2 Å². The van der Waals surface area contributed by atoms with E-state index in [2.05, 4.69) is 4.99 Å². The third-order valence-electron chi connectivity index (χ3n) is 3.98. The number of hydrogen-bond acceptors (Lipinski definition) is 3. The van der Waals surface area contributed by atoms with Crippen molar-refractivity contribution >= 4 is 12.0 Å². The highest BCUT2D eigenvalue weighted by Gasteiger charge is 2.31. The van der Waals surface area contributed by atoms with Crippen LogP contribution in [0.25, 0.3) is 0 Å². The second-order valence-electron chi connectivity index (χ2n) is 6.24. The Labute approximate surface area is 157 Å². The Bertz CT molecular complexity index is 833. The van der Waals surface area contributed by atoms with Crippen LogP contribution in [0.1, 0.15) is 23.6 Å². The summed E-state index contributed by atoms with van der Waals surface area (Å²) in [6.45, 7) is 6.26. The third-order valence-corrected chi connectivity index (χ3v) is 3.98. The highest BCUT2D eigenvalue weighted by atomic mass is 19.4. The summed E-state index contributed by atoms with van der Waals surface area (Å²) in [5.74, 6) is 0.820. The molecule has 0 aromatic heterocycles. The van der Waals surface area contributed by atoms with Crippen molar-refractivity contribution in [3.05, 3.63) is 47.0 Å². The summed E-state index contributed by atoms with van der Waals surface area (Å²) in [5, 5.41) is 0. The molecular weight excluding hydrogens is 357 g/mol.